The highest BCUT2D eigenvalue weighted by molar-refractivity contribution is 7.72. The summed E-state index contributed by atoms with van der Waals surface area (Å²) in [6.45, 7) is 2.27. The van der Waals surface area contributed by atoms with Gasteiger partial charge in [-0.2, -0.15) is 0 Å². The second-order valence-corrected chi connectivity index (χ2v) is 5.94. The minimum Gasteiger partial charge on any atom is -0.0622 e. The molecule has 0 spiro atoms. The maximum absolute atomic E-state index is 2.27. The van der Waals surface area contributed by atoms with Crippen molar-refractivity contribution in [2.75, 3.05) is 6.16 Å². The lowest BCUT2D eigenvalue weighted by Crippen LogP contribution is -2.12. The Morgan fingerprint density at radius 1 is 0.750 bits per heavy atom. The average molecular weight is 225 g/mol. The predicted octanol–water partition coefficient (Wildman–Crippen LogP) is 2.76. The van der Waals surface area contributed by atoms with Crippen molar-refractivity contribution in [3.05, 3.63) is 60.7 Å². The monoisotopic (exact) mass is 225 g/mol. The van der Waals surface area contributed by atoms with Crippen LogP contribution in [0.3, 0.4) is 0 Å². The molecule has 0 aromatic heterocycles. The zero-order valence-electron chi connectivity index (χ0n) is 9.51. The topological polar surface area (TPSA) is 0 Å². The zero-order valence-corrected chi connectivity index (χ0v) is 10.4. The van der Waals surface area contributed by atoms with Gasteiger partial charge in [0.05, 0.1) is 0 Å². The van der Waals surface area contributed by atoms with Gasteiger partial charge in [0.1, 0.15) is 0 Å². The van der Waals surface area contributed by atoms with Crippen molar-refractivity contribution in [3.8, 4) is 0 Å². The molecule has 0 nitrogen and oxygen atoms in total. The highest BCUT2D eigenvalue weighted by Crippen LogP contribution is 2.32. The Morgan fingerprint density at radius 3 is 1.44 bits per heavy atom. The van der Waals surface area contributed by atoms with E-state index in [1.807, 2.05) is 0 Å². The molecule has 0 aliphatic carbocycles. The summed E-state index contributed by atoms with van der Waals surface area (Å²) in [4.78, 5) is 0. The predicted molar refractivity (Wildman–Crippen MR) is 75.4 cm³/mol. The Hall–Kier alpha value is -1.07. The maximum atomic E-state index is 2.27. The molecule has 0 N–H and O–H groups in total. The Morgan fingerprint density at radius 2 is 1.12 bits per heavy atom. The standard InChI is InChI=1S/C14H15P.B/c1-2-15(13-9-5-3-6-10-13)14-11-7-4-8-12-14;/h3-12H,2H2,1H3;. The molecule has 0 saturated carbocycles. The first kappa shape index (κ1) is 13.0. The van der Waals surface area contributed by atoms with E-state index >= 15 is 0 Å². The minimum atomic E-state index is -0.149. The molecule has 0 saturated heterocycles. The molecule has 0 heterocycles. The van der Waals surface area contributed by atoms with Gasteiger partial charge in [-0.05, 0) is 24.7 Å². The minimum absolute atomic E-state index is 0. The molecule has 16 heavy (non-hydrogen) atoms. The van der Waals surface area contributed by atoms with Gasteiger partial charge in [0.2, 0.25) is 0 Å². The van der Waals surface area contributed by atoms with Crippen molar-refractivity contribution in [1.82, 2.24) is 0 Å². The summed E-state index contributed by atoms with van der Waals surface area (Å²) < 4.78 is 0. The first-order valence-electron chi connectivity index (χ1n) is 5.29. The molecule has 0 aliphatic heterocycles. The molecule has 2 aromatic carbocycles. The van der Waals surface area contributed by atoms with Gasteiger partial charge in [-0.1, -0.05) is 67.6 Å². The van der Waals surface area contributed by atoms with E-state index < -0.39 is 0 Å². The van der Waals surface area contributed by atoms with Gasteiger partial charge in [-0.25, -0.2) is 0 Å². The van der Waals surface area contributed by atoms with Crippen LogP contribution >= 0.6 is 7.92 Å². The van der Waals surface area contributed by atoms with E-state index in [2.05, 4.69) is 67.6 Å². The molecule has 2 aromatic rings. The van der Waals surface area contributed by atoms with E-state index in [1.165, 1.54) is 16.8 Å². The number of rotatable bonds is 3. The van der Waals surface area contributed by atoms with E-state index in [9.17, 15) is 0 Å². The molecule has 3 radical (unpaired) electrons. The molecule has 2 heteroatoms. The van der Waals surface area contributed by atoms with Crippen LogP contribution in [0.15, 0.2) is 60.7 Å². The average Bonchev–Trinajstić information content (AvgIpc) is 2.33. The van der Waals surface area contributed by atoms with Gasteiger partial charge in [0.15, 0.2) is 0 Å². The largest absolute Gasteiger partial charge is 0.0622 e. The highest BCUT2D eigenvalue weighted by atomic mass is 31.1. The summed E-state index contributed by atoms with van der Waals surface area (Å²) >= 11 is 0. The van der Waals surface area contributed by atoms with Crippen LogP contribution in [-0.4, -0.2) is 14.6 Å². The zero-order chi connectivity index (χ0) is 10.5. The van der Waals surface area contributed by atoms with Crippen molar-refractivity contribution >= 4 is 26.9 Å². The molecule has 0 amide bonds. The van der Waals surface area contributed by atoms with Crippen LogP contribution < -0.4 is 10.6 Å². The second-order valence-electron chi connectivity index (χ2n) is 3.42. The van der Waals surface area contributed by atoms with E-state index in [-0.39, 0.29) is 16.3 Å². The molecule has 0 aliphatic rings. The Labute approximate surface area is 101 Å². The van der Waals surface area contributed by atoms with Crippen molar-refractivity contribution < 1.29 is 0 Å². The van der Waals surface area contributed by atoms with Crippen LogP contribution in [0.25, 0.3) is 0 Å². The van der Waals surface area contributed by atoms with Gasteiger partial charge < -0.3 is 0 Å². The van der Waals surface area contributed by atoms with E-state index in [0.29, 0.717) is 0 Å². The van der Waals surface area contributed by atoms with E-state index in [0.717, 1.165) is 0 Å². The normalized spacial score (nSPS) is 9.88. The lowest BCUT2D eigenvalue weighted by atomic mass is 10.4. The Balaban J connectivity index is 0.00000128. The smallest absolute Gasteiger partial charge is 0 e. The van der Waals surface area contributed by atoms with Crippen LogP contribution in [0, 0.1) is 0 Å². The van der Waals surface area contributed by atoms with Crippen LogP contribution in [-0.2, 0) is 0 Å². The van der Waals surface area contributed by atoms with Crippen molar-refractivity contribution in [1.29, 1.82) is 0 Å². The third kappa shape index (κ3) is 2.96. The maximum Gasteiger partial charge on any atom is 0 e. The number of hydrogen-bond donors (Lipinski definition) is 0. The van der Waals surface area contributed by atoms with Crippen LogP contribution in [0.4, 0.5) is 0 Å². The first-order valence-corrected chi connectivity index (χ1v) is 6.82. The van der Waals surface area contributed by atoms with Crippen LogP contribution in [0.2, 0.25) is 0 Å². The molecule has 0 fully saturated rings. The quantitative estimate of drug-likeness (QED) is 0.556. The number of hydrogen-bond acceptors (Lipinski definition) is 0. The fourth-order valence-electron chi connectivity index (χ4n) is 1.73. The third-order valence-electron chi connectivity index (χ3n) is 2.45. The first-order chi connectivity index (χ1) is 7.42. The molecular weight excluding hydrogens is 210 g/mol. The second kappa shape index (κ2) is 6.50. The summed E-state index contributed by atoms with van der Waals surface area (Å²) in [5.41, 5.74) is 0. The Kier molecular flexibility index (Phi) is 5.28. The molecular formula is C14H15BP. The van der Waals surface area contributed by atoms with Gasteiger partial charge in [-0.15, -0.1) is 0 Å². The van der Waals surface area contributed by atoms with Gasteiger partial charge in [-0.3, -0.25) is 0 Å². The van der Waals surface area contributed by atoms with Crippen molar-refractivity contribution in [3.63, 3.8) is 0 Å². The summed E-state index contributed by atoms with van der Waals surface area (Å²) in [7, 11) is -0.149. The van der Waals surface area contributed by atoms with E-state index in [4.69, 9.17) is 0 Å². The molecule has 0 atom stereocenters. The molecule has 0 bridgehead atoms. The van der Waals surface area contributed by atoms with Crippen molar-refractivity contribution in [2.24, 2.45) is 0 Å². The summed E-state index contributed by atoms with van der Waals surface area (Å²) in [5.74, 6) is 0. The summed E-state index contributed by atoms with van der Waals surface area (Å²) in [6, 6.07) is 21.6. The SMILES string of the molecule is CCP(c1ccccc1)c1ccccc1.[B]. The van der Waals surface area contributed by atoms with Crippen molar-refractivity contribution in [2.45, 2.75) is 6.92 Å². The lowest BCUT2D eigenvalue weighted by Gasteiger charge is -2.16. The fourth-order valence-corrected chi connectivity index (χ4v) is 3.82. The van der Waals surface area contributed by atoms with Gasteiger partial charge in [0.25, 0.3) is 0 Å². The van der Waals surface area contributed by atoms with E-state index in [1.54, 1.807) is 0 Å². The van der Waals surface area contributed by atoms with Gasteiger partial charge in [0, 0.05) is 8.41 Å². The summed E-state index contributed by atoms with van der Waals surface area (Å²) in [5, 5.41) is 2.95. The Bertz CT molecular complexity index is 360. The van der Waals surface area contributed by atoms with Crippen LogP contribution in [0.5, 0.6) is 0 Å². The fraction of sp³-hybridized carbons (Fsp3) is 0.143. The van der Waals surface area contributed by atoms with Crippen LogP contribution in [0.1, 0.15) is 6.92 Å². The third-order valence-corrected chi connectivity index (χ3v) is 4.93. The summed E-state index contributed by atoms with van der Waals surface area (Å²) in [6.07, 6.45) is 1.21. The number of benzene rings is 2. The van der Waals surface area contributed by atoms with Gasteiger partial charge >= 0.3 is 0 Å². The lowest BCUT2D eigenvalue weighted by molar-refractivity contribution is 1.51. The molecule has 0 unspecified atom stereocenters. The highest BCUT2D eigenvalue weighted by Gasteiger charge is 2.09. The molecule has 2 rings (SSSR count). The molecule has 79 valence electrons.